The van der Waals surface area contributed by atoms with E-state index in [1.165, 1.54) is 23.5 Å². The summed E-state index contributed by atoms with van der Waals surface area (Å²) in [5.74, 6) is 2.30. The molecule has 0 bridgehead atoms. The maximum atomic E-state index is 14.1. The van der Waals surface area contributed by atoms with Crippen LogP contribution in [0.25, 0.3) is 16.3 Å². The molecule has 4 nitrogen and oxygen atoms in total. The minimum atomic E-state index is -4.43. The van der Waals surface area contributed by atoms with Crippen LogP contribution in [0.2, 0.25) is 10.0 Å². The Bertz CT molecular complexity index is 1900. The fraction of sp³-hybridized carbons (Fsp3) is 0.389. The van der Waals surface area contributed by atoms with Crippen LogP contribution < -0.4 is 0 Å². The van der Waals surface area contributed by atoms with Gasteiger partial charge in [-0.25, -0.2) is 13.5 Å². The predicted octanol–water partition coefficient (Wildman–Crippen LogP) is 10.2. The van der Waals surface area contributed by atoms with Gasteiger partial charge in [-0.15, -0.1) is 11.3 Å². The molecule has 2 aliphatic carbocycles. The van der Waals surface area contributed by atoms with Gasteiger partial charge in [-0.1, -0.05) is 35.0 Å². The Labute approximate surface area is 288 Å². The molecule has 3 fully saturated rings. The molecular formula is C36H30Cl2F5N3OS. The molecule has 48 heavy (non-hydrogen) atoms. The number of piperidine rings is 1. The summed E-state index contributed by atoms with van der Waals surface area (Å²) < 4.78 is 68.7. The average Bonchev–Trinajstić information content (AvgIpc) is 3.60. The molecule has 1 saturated heterocycles. The molecule has 0 spiro atoms. The lowest BCUT2D eigenvalue weighted by atomic mass is 9.93. The maximum Gasteiger partial charge on any atom is 0.416 e. The molecule has 2 aromatic carbocycles. The van der Waals surface area contributed by atoms with Crippen LogP contribution in [0.4, 0.5) is 22.0 Å². The zero-order chi connectivity index (χ0) is 33.8. The molecule has 2 unspecified atom stereocenters. The van der Waals surface area contributed by atoms with Crippen LogP contribution in [0.5, 0.6) is 0 Å². The standard InChI is InChI=1S/C36H30Cl2F5N3OS/c37-24-10-14-30(29(38)20-24)46-33(31-15-12-25(48-31)11-6-21-4-8-23(9-5-21)36(41,42)43)26(13-7-22-18-27-28(19-22)35(27,39)40)32(44-46)34(47)45-16-2-1-3-17-45/h4-5,8-10,12,14-15,20,22,27-28H,1-3,7,13,16-19H2. The van der Waals surface area contributed by atoms with E-state index in [9.17, 15) is 26.7 Å². The Hall–Kier alpha value is -3.39. The molecular weight excluding hydrogens is 688 g/mol. The number of likely N-dealkylation sites (tertiary alicyclic amines) is 1. The van der Waals surface area contributed by atoms with Crippen LogP contribution in [0, 0.1) is 29.6 Å². The summed E-state index contributed by atoms with van der Waals surface area (Å²) >= 11 is 14.3. The van der Waals surface area contributed by atoms with Crippen molar-refractivity contribution in [3.63, 3.8) is 0 Å². The van der Waals surface area contributed by atoms with E-state index in [0.29, 0.717) is 76.3 Å². The van der Waals surface area contributed by atoms with Gasteiger partial charge in [-0.05, 0) is 105 Å². The number of benzene rings is 2. The Morgan fingerprint density at radius 2 is 1.67 bits per heavy atom. The van der Waals surface area contributed by atoms with Gasteiger partial charge < -0.3 is 4.90 Å². The van der Waals surface area contributed by atoms with Gasteiger partial charge in [0.25, 0.3) is 11.8 Å². The summed E-state index contributed by atoms with van der Waals surface area (Å²) in [5.41, 5.74) is 1.94. The number of hydrogen-bond acceptors (Lipinski definition) is 3. The number of nitrogens with zero attached hydrogens (tertiary/aromatic N) is 3. The molecule has 4 aromatic rings. The van der Waals surface area contributed by atoms with Crippen molar-refractivity contribution in [1.29, 1.82) is 0 Å². The largest absolute Gasteiger partial charge is 0.416 e. The van der Waals surface area contributed by atoms with Crippen molar-refractivity contribution < 1.29 is 26.7 Å². The molecule has 2 aromatic heterocycles. The third kappa shape index (κ3) is 6.49. The Kier molecular flexibility index (Phi) is 8.84. The first-order chi connectivity index (χ1) is 22.9. The zero-order valence-electron chi connectivity index (χ0n) is 25.6. The van der Waals surface area contributed by atoms with Gasteiger partial charge >= 0.3 is 6.18 Å². The SMILES string of the molecule is O=C(c1nn(-c2ccc(Cl)cc2Cl)c(-c2ccc(C#Cc3ccc(C(F)(F)F)cc3)s2)c1CCC1CC2C(C1)C2(F)F)N1CCCCC1. The maximum absolute atomic E-state index is 14.1. The number of alkyl halides is 5. The highest BCUT2D eigenvalue weighted by atomic mass is 35.5. The molecule has 1 amide bonds. The second-order valence-corrected chi connectivity index (χ2v) is 14.7. The van der Waals surface area contributed by atoms with E-state index in [1.54, 1.807) is 22.9 Å². The lowest BCUT2D eigenvalue weighted by Crippen LogP contribution is -2.36. The van der Waals surface area contributed by atoms with Crippen LogP contribution >= 0.6 is 34.5 Å². The summed E-state index contributed by atoms with van der Waals surface area (Å²) in [6.45, 7) is 1.26. The van der Waals surface area contributed by atoms with Crippen molar-refractivity contribution in [2.75, 3.05) is 13.1 Å². The smallest absolute Gasteiger partial charge is 0.337 e. The highest BCUT2D eigenvalue weighted by Crippen LogP contribution is 2.66. The van der Waals surface area contributed by atoms with Crippen molar-refractivity contribution in [3.8, 4) is 28.1 Å². The third-order valence-electron chi connectivity index (χ3n) is 9.69. The van der Waals surface area contributed by atoms with Gasteiger partial charge in [0.2, 0.25) is 0 Å². The number of hydrogen-bond donors (Lipinski definition) is 0. The predicted molar refractivity (Wildman–Crippen MR) is 177 cm³/mol. The number of amides is 1. The lowest BCUT2D eigenvalue weighted by Gasteiger charge is -2.26. The van der Waals surface area contributed by atoms with Crippen LogP contribution in [0.1, 0.15) is 70.6 Å². The van der Waals surface area contributed by atoms with Gasteiger partial charge in [-0.3, -0.25) is 4.79 Å². The van der Waals surface area contributed by atoms with Gasteiger partial charge in [0.15, 0.2) is 5.69 Å². The Morgan fingerprint density at radius 1 is 0.958 bits per heavy atom. The molecule has 0 N–H and O–H groups in total. The number of aromatic nitrogens is 2. The molecule has 2 atom stereocenters. The second kappa shape index (κ2) is 12.8. The van der Waals surface area contributed by atoms with Crippen LogP contribution in [-0.4, -0.2) is 39.6 Å². The summed E-state index contributed by atoms with van der Waals surface area (Å²) in [6, 6.07) is 13.4. The van der Waals surface area contributed by atoms with Gasteiger partial charge in [0, 0.05) is 41.1 Å². The molecule has 7 rings (SSSR count). The molecule has 3 heterocycles. The molecule has 2 saturated carbocycles. The number of halogens is 7. The first-order valence-corrected chi connectivity index (χ1v) is 17.5. The van der Waals surface area contributed by atoms with Crippen LogP contribution in [-0.2, 0) is 12.6 Å². The fourth-order valence-electron chi connectivity index (χ4n) is 7.10. The van der Waals surface area contributed by atoms with Crippen molar-refractivity contribution in [2.45, 2.75) is 57.0 Å². The molecule has 3 aliphatic rings. The fourth-order valence-corrected chi connectivity index (χ4v) is 8.50. The Morgan fingerprint density at radius 3 is 2.33 bits per heavy atom. The van der Waals surface area contributed by atoms with Crippen molar-refractivity contribution in [2.24, 2.45) is 17.8 Å². The molecule has 12 heteroatoms. The van der Waals surface area contributed by atoms with Gasteiger partial charge in [0.1, 0.15) is 0 Å². The third-order valence-corrected chi connectivity index (χ3v) is 11.2. The minimum absolute atomic E-state index is 0.126. The number of fused-ring (bicyclic) bond motifs is 1. The zero-order valence-corrected chi connectivity index (χ0v) is 27.9. The lowest BCUT2D eigenvalue weighted by molar-refractivity contribution is -0.137. The molecule has 250 valence electrons. The quantitative estimate of drug-likeness (QED) is 0.147. The van der Waals surface area contributed by atoms with E-state index in [1.807, 2.05) is 17.0 Å². The summed E-state index contributed by atoms with van der Waals surface area (Å²) in [5, 5.41) is 5.68. The van der Waals surface area contributed by atoms with E-state index in [2.05, 4.69) is 11.8 Å². The van der Waals surface area contributed by atoms with Crippen molar-refractivity contribution in [1.82, 2.24) is 14.7 Å². The molecule has 0 radical (unpaired) electrons. The topological polar surface area (TPSA) is 38.1 Å². The summed E-state index contributed by atoms with van der Waals surface area (Å²) in [7, 11) is 0. The van der Waals surface area contributed by atoms with E-state index in [-0.39, 0.29) is 11.8 Å². The first kappa shape index (κ1) is 33.1. The molecule has 1 aliphatic heterocycles. The van der Waals surface area contributed by atoms with E-state index >= 15 is 0 Å². The average molecular weight is 719 g/mol. The van der Waals surface area contributed by atoms with E-state index in [4.69, 9.17) is 28.3 Å². The van der Waals surface area contributed by atoms with E-state index in [0.717, 1.165) is 41.8 Å². The number of carbonyl (C=O) groups is 1. The highest BCUT2D eigenvalue weighted by molar-refractivity contribution is 7.16. The van der Waals surface area contributed by atoms with Gasteiger partial charge in [-0.2, -0.15) is 18.3 Å². The summed E-state index contributed by atoms with van der Waals surface area (Å²) in [6.07, 6.45) is 0.490. The number of thiophene rings is 1. The first-order valence-electron chi connectivity index (χ1n) is 15.9. The highest BCUT2D eigenvalue weighted by Gasteiger charge is 2.71. The van der Waals surface area contributed by atoms with Crippen LogP contribution in [0.3, 0.4) is 0 Å². The van der Waals surface area contributed by atoms with E-state index < -0.39 is 29.5 Å². The second-order valence-electron chi connectivity index (χ2n) is 12.8. The number of carbonyl (C=O) groups excluding carboxylic acids is 1. The van der Waals surface area contributed by atoms with Gasteiger partial charge in [0.05, 0.1) is 31.7 Å². The number of rotatable bonds is 6. The van der Waals surface area contributed by atoms with Crippen molar-refractivity contribution in [3.05, 3.63) is 91.9 Å². The van der Waals surface area contributed by atoms with Crippen molar-refractivity contribution >= 4 is 40.4 Å². The summed E-state index contributed by atoms with van der Waals surface area (Å²) in [4.78, 5) is 17.3. The minimum Gasteiger partial charge on any atom is -0.337 e. The normalized spacial score (nSPS) is 21.5. The Balaban J connectivity index is 1.28. The monoisotopic (exact) mass is 717 g/mol. The van der Waals surface area contributed by atoms with Crippen LogP contribution in [0.15, 0.2) is 54.6 Å².